The van der Waals surface area contributed by atoms with Crippen molar-refractivity contribution in [2.24, 2.45) is 0 Å². The van der Waals surface area contributed by atoms with Crippen LogP contribution in [0.25, 0.3) is 16.9 Å². The van der Waals surface area contributed by atoms with Gasteiger partial charge in [-0.1, -0.05) is 17.7 Å². The molecule has 122 valence electrons. The van der Waals surface area contributed by atoms with E-state index in [4.69, 9.17) is 11.6 Å². The zero-order valence-electron chi connectivity index (χ0n) is 13.4. The van der Waals surface area contributed by atoms with E-state index in [-0.39, 0.29) is 18.0 Å². The SMILES string of the molecule is CC(=O)Cc1nc(-c2ccc(Cl)c(C)c2)cn1-c1ccc(F)cc1. The van der Waals surface area contributed by atoms with E-state index in [9.17, 15) is 9.18 Å². The van der Waals surface area contributed by atoms with Crippen LogP contribution in [-0.2, 0) is 11.2 Å². The Bertz CT molecular complexity index is 900. The summed E-state index contributed by atoms with van der Waals surface area (Å²) in [5.74, 6) is 0.333. The molecule has 0 bridgehead atoms. The molecule has 0 aliphatic carbocycles. The maximum Gasteiger partial charge on any atom is 0.137 e. The van der Waals surface area contributed by atoms with Gasteiger partial charge in [-0.05, 0) is 55.8 Å². The van der Waals surface area contributed by atoms with Crippen LogP contribution in [-0.4, -0.2) is 15.3 Å². The number of carbonyl (C=O) groups is 1. The van der Waals surface area contributed by atoms with Crippen LogP contribution in [0, 0.1) is 12.7 Å². The Kier molecular flexibility index (Phi) is 4.49. The van der Waals surface area contributed by atoms with Crippen molar-refractivity contribution in [1.82, 2.24) is 9.55 Å². The molecule has 0 saturated carbocycles. The molecule has 0 unspecified atom stereocenters. The standard InChI is InChI=1S/C19H16ClFN2O/c1-12-9-14(3-8-17(12)20)18-11-23(19(22-18)10-13(2)24)16-6-4-15(21)5-7-16/h3-9,11H,10H2,1-2H3. The van der Waals surface area contributed by atoms with E-state index in [1.807, 2.05) is 35.9 Å². The van der Waals surface area contributed by atoms with Crippen molar-refractivity contribution in [2.45, 2.75) is 20.3 Å². The average molecular weight is 343 g/mol. The molecule has 0 N–H and O–H groups in total. The molecular weight excluding hydrogens is 327 g/mol. The van der Waals surface area contributed by atoms with E-state index in [0.29, 0.717) is 10.8 Å². The molecule has 1 aromatic heterocycles. The number of aromatic nitrogens is 2. The average Bonchev–Trinajstić information content (AvgIpc) is 2.94. The van der Waals surface area contributed by atoms with Crippen LogP contribution in [0.4, 0.5) is 4.39 Å². The molecule has 0 spiro atoms. The molecule has 0 aliphatic heterocycles. The Labute approximate surface area is 144 Å². The van der Waals surface area contributed by atoms with Gasteiger partial charge in [-0.25, -0.2) is 9.37 Å². The number of benzene rings is 2. The minimum absolute atomic E-state index is 0.0165. The van der Waals surface area contributed by atoms with Crippen molar-refractivity contribution in [3.05, 3.63) is 70.9 Å². The lowest BCUT2D eigenvalue weighted by Crippen LogP contribution is -2.05. The summed E-state index contributed by atoms with van der Waals surface area (Å²) in [7, 11) is 0. The zero-order chi connectivity index (χ0) is 17.3. The summed E-state index contributed by atoms with van der Waals surface area (Å²) < 4.78 is 15.0. The van der Waals surface area contributed by atoms with Gasteiger partial charge in [0.15, 0.2) is 0 Å². The second kappa shape index (κ2) is 6.57. The number of carbonyl (C=O) groups excluding carboxylic acids is 1. The second-order valence-electron chi connectivity index (χ2n) is 5.73. The minimum atomic E-state index is -0.305. The van der Waals surface area contributed by atoms with Gasteiger partial charge in [0.25, 0.3) is 0 Å². The fraction of sp³-hybridized carbons (Fsp3) is 0.158. The fourth-order valence-corrected chi connectivity index (χ4v) is 2.65. The summed E-state index contributed by atoms with van der Waals surface area (Å²) in [6.07, 6.45) is 2.07. The fourth-order valence-electron chi connectivity index (χ4n) is 2.53. The van der Waals surface area contributed by atoms with Gasteiger partial charge in [0.2, 0.25) is 0 Å². The van der Waals surface area contributed by atoms with Gasteiger partial charge >= 0.3 is 0 Å². The van der Waals surface area contributed by atoms with Crippen LogP contribution in [0.15, 0.2) is 48.7 Å². The van der Waals surface area contributed by atoms with Crippen molar-refractivity contribution < 1.29 is 9.18 Å². The predicted octanol–water partition coefficient (Wildman–Crippen LogP) is 4.77. The summed E-state index contributed by atoms with van der Waals surface area (Å²) in [6, 6.07) is 11.8. The number of nitrogens with zero attached hydrogens (tertiary/aromatic N) is 2. The molecule has 3 rings (SSSR count). The number of rotatable bonds is 4. The summed E-state index contributed by atoms with van der Waals surface area (Å²) in [4.78, 5) is 16.2. The number of hydrogen-bond acceptors (Lipinski definition) is 2. The molecule has 0 fully saturated rings. The first-order valence-electron chi connectivity index (χ1n) is 7.54. The van der Waals surface area contributed by atoms with Gasteiger partial charge in [0, 0.05) is 22.5 Å². The Hall–Kier alpha value is -2.46. The molecule has 24 heavy (non-hydrogen) atoms. The monoisotopic (exact) mass is 342 g/mol. The maximum absolute atomic E-state index is 13.2. The Morgan fingerprint density at radius 3 is 2.54 bits per heavy atom. The van der Waals surface area contributed by atoms with Crippen molar-refractivity contribution in [3.8, 4) is 16.9 Å². The highest BCUT2D eigenvalue weighted by atomic mass is 35.5. The lowest BCUT2D eigenvalue weighted by atomic mass is 10.1. The quantitative estimate of drug-likeness (QED) is 0.684. The number of Topliss-reactive ketones (excluding diaryl/α,β-unsaturated/α-hetero) is 1. The molecule has 0 atom stereocenters. The third kappa shape index (κ3) is 3.39. The minimum Gasteiger partial charge on any atom is -0.303 e. The lowest BCUT2D eigenvalue weighted by Gasteiger charge is -2.06. The molecule has 2 aromatic carbocycles. The second-order valence-corrected chi connectivity index (χ2v) is 6.14. The number of ketones is 1. The lowest BCUT2D eigenvalue weighted by molar-refractivity contribution is -0.116. The van der Waals surface area contributed by atoms with E-state index in [1.165, 1.54) is 19.1 Å². The normalized spacial score (nSPS) is 10.8. The van der Waals surface area contributed by atoms with Gasteiger partial charge in [-0.2, -0.15) is 0 Å². The summed E-state index contributed by atoms with van der Waals surface area (Å²) in [5, 5.41) is 0.695. The van der Waals surface area contributed by atoms with Gasteiger partial charge in [0.05, 0.1) is 12.1 Å². The highest BCUT2D eigenvalue weighted by Gasteiger charge is 2.13. The first kappa shape index (κ1) is 16.4. The van der Waals surface area contributed by atoms with Crippen molar-refractivity contribution in [3.63, 3.8) is 0 Å². The topological polar surface area (TPSA) is 34.9 Å². The Morgan fingerprint density at radius 1 is 1.21 bits per heavy atom. The molecule has 0 radical (unpaired) electrons. The highest BCUT2D eigenvalue weighted by Crippen LogP contribution is 2.26. The summed E-state index contributed by atoms with van der Waals surface area (Å²) in [6.45, 7) is 3.45. The molecule has 0 aliphatic rings. The van der Waals surface area contributed by atoms with Gasteiger partial charge < -0.3 is 4.57 Å². The number of aryl methyl sites for hydroxylation is 1. The van der Waals surface area contributed by atoms with Crippen LogP contribution in [0.3, 0.4) is 0 Å². The first-order valence-corrected chi connectivity index (χ1v) is 7.92. The van der Waals surface area contributed by atoms with Gasteiger partial charge in [-0.15, -0.1) is 0 Å². The maximum atomic E-state index is 13.2. The van der Waals surface area contributed by atoms with Crippen molar-refractivity contribution in [1.29, 1.82) is 0 Å². The largest absolute Gasteiger partial charge is 0.303 e. The number of halogens is 2. The molecular formula is C19H16ClFN2O. The molecule has 0 amide bonds. The van der Waals surface area contributed by atoms with E-state index in [2.05, 4.69) is 4.98 Å². The van der Waals surface area contributed by atoms with Gasteiger partial charge in [0.1, 0.15) is 17.4 Å². The zero-order valence-corrected chi connectivity index (χ0v) is 14.1. The van der Waals surface area contributed by atoms with Crippen LogP contribution in [0.1, 0.15) is 18.3 Å². The third-order valence-electron chi connectivity index (χ3n) is 3.74. The van der Waals surface area contributed by atoms with Crippen molar-refractivity contribution in [2.75, 3.05) is 0 Å². The van der Waals surface area contributed by atoms with E-state index < -0.39 is 0 Å². The molecule has 0 saturated heterocycles. The first-order chi connectivity index (χ1) is 11.4. The predicted molar refractivity (Wildman–Crippen MR) is 93.1 cm³/mol. The number of hydrogen-bond donors (Lipinski definition) is 0. The van der Waals surface area contributed by atoms with Crippen LogP contribution in [0.5, 0.6) is 0 Å². The molecule has 3 nitrogen and oxygen atoms in total. The summed E-state index contributed by atoms with van der Waals surface area (Å²) in [5.41, 5.74) is 3.38. The van der Waals surface area contributed by atoms with Crippen molar-refractivity contribution >= 4 is 17.4 Å². The van der Waals surface area contributed by atoms with E-state index in [1.54, 1.807) is 12.1 Å². The smallest absolute Gasteiger partial charge is 0.137 e. The van der Waals surface area contributed by atoms with Crippen LogP contribution in [0.2, 0.25) is 5.02 Å². The molecule has 1 heterocycles. The van der Waals surface area contributed by atoms with Crippen LogP contribution < -0.4 is 0 Å². The molecule has 3 aromatic rings. The van der Waals surface area contributed by atoms with Gasteiger partial charge in [-0.3, -0.25) is 4.79 Å². The van der Waals surface area contributed by atoms with E-state index >= 15 is 0 Å². The summed E-state index contributed by atoms with van der Waals surface area (Å²) >= 11 is 6.08. The van der Waals surface area contributed by atoms with Crippen LogP contribution >= 0.6 is 11.6 Å². The Morgan fingerprint density at radius 2 is 1.92 bits per heavy atom. The third-order valence-corrected chi connectivity index (χ3v) is 4.17. The molecule has 5 heteroatoms. The number of imidazole rings is 1. The Balaban J connectivity index is 2.10. The highest BCUT2D eigenvalue weighted by molar-refractivity contribution is 6.31. The van der Waals surface area contributed by atoms with E-state index in [0.717, 1.165) is 22.5 Å².